The number of carbonyl (C=O) groups is 2. The summed E-state index contributed by atoms with van der Waals surface area (Å²) < 4.78 is 8.13. The third kappa shape index (κ3) is 1.84. The number of carbonyl (C=O) groups excluding carboxylic acids is 2. The number of hydrogen-bond donors (Lipinski definition) is 0. The van der Waals surface area contributed by atoms with Gasteiger partial charge in [0.2, 0.25) is 11.5 Å². The summed E-state index contributed by atoms with van der Waals surface area (Å²) in [4.78, 5) is 26.1. The number of ketones is 2. The average molecular weight is 343 g/mol. The molecule has 5 rings (SSSR count). The number of benzene rings is 2. The molecule has 1 aliphatic rings. The molecule has 4 aromatic rings. The van der Waals surface area contributed by atoms with Crippen molar-refractivity contribution in [2.75, 3.05) is 0 Å². The molecule has 2 aromatic heterocycles. The van der Waals surface area contributed by atoms with Crippen LogP contribution in [0.5, 0.6) is 0 Å². The number of nitrogens with zero attached hydrogens (tertiary/aromatic N) is 1. The normalized spacial score (nSPS) is 13.4. The van der Waals surface area contributed by atoms with Crippen LogP contribution in [0.1, 0.15) is 51.8 Å². The second-order valence-corrected chi connectivity index (χ2v) is 6.71. The first-order valence-electron chi connectivity index (χ1n) is 8.94. The summed E-state index contributed by atoms with van der Waals surface area (Å²) in [5.41, 5.74) is 2.95. The summed E-state index contributed by atoms with van der Waals surface area (Å²) in [5.74, 6) is -0.167. The predicted molar refractivity (Wildman–Crippen MR) is 99.9 cm³/mol. The molecule has 0 atom stereocenters. The zero-order chi connectivity index (χ0) is 17.8. The van der Waals surface area contributed by atoms with Gasteiger partial charge in [-0.25, -0.2) is 0 Å². The Morgan fingerprint density at radius 3 is 2.38 bits per heavy atom. The molecule has 128 valence electrons. The predicted octanol–water partition coefficient (Wildman–Crippen LogP) is 4.96. The van der Waals surface area contributed by atoms with E-state index in [9.17, 15) is 9.59 Å². The molecule has 0 unspecified atom stereocenters. The zero-order valence-electron chi connectivity index (χ0n) is 14.4. The van der Waals surface area contributed by atoms with Gasteiger partial charge in [-0.15, -0.1) is 0 Å². The van der Waals surface area contributed by atoms with E-state index in [1.165, 1.54) is 0 Å². The van der Waals surface area contributed by atoms with Crippen molar-refractivity contribution < 1.29 is 14.0 Å². The maximum Gasteiger partial charge on any atom is 0.229 e. The SMILES string of the molecule is CCCCn1c2ccccc2c2c3c(oc21)C(=O)c1ccccc1C3=O. The lowest BCUT2D eigenvalue weighted by Gasteiger charge is -2.12. The van der Waals surface area contributed by atoms with Crippen molar-refractivity contribution in [3.8, 4) is 0 Å². The Bertz CT molecular complexity index is 1210. The molecule has 0 radical (unpaired) electrons. The van der Waals surface area contributed by atoms with Gasteiger partial charge in [-0.1, -0.05) is 55.8 Å². The lowest BCUT2D eigenvalue weighted by molar-refractivity contribution is 0.0962. The van der Waals surface area contributed by atoms with E-state index in [-0.39, 0.29) is 17.3 Å². The smallest absolute Gasteiger partial charge is 0.229 e. The summed E-state index contributed by atoms with van der Waals surface area (Å²) in [6, 6.07) is 14.9. The van der Waals surface area contributed by atoms with Crippen LogP contribution < -0.4 is 0 Å². The number of aromatic nitrogens is 1. The van der Waals surface area contributed by atoms with Gasteiger partial charge in [0.1, 0.15) is 0 Å². The van der Waals surface area contributed by atoms with Crippen molar-refractivity contribution >= 4 is 33.6 Å². The molecule has 0 N–H and O–H groups in total. The van der Waals surface area contributed by atoms with Crippen molar-refractivity contribution in [2.24, 2.45) is 0 Å². The van der Waals surface area contributed by atoms with Crippen LogP contribution in [-0.2, 0) is 6.54 Å². The minimum atomic E-state index is -0.211. The first-order chi connectivity index (χ1) is 12.7. The van der Waals surface area contributed by atoms with Crippen LogP contribution in [0.2, 0.25) is 0 Å². The molecule has 0 spiro atoms. The number of aryl methyl sites for hydroxylation is 1. The van der Waals surface area contributed by atoms with E-state index in [1.807, 2.05) is 24.3 Å². The van der Waals surface area contributed by atoms with E-state index in [0.29, 0.717) is 22.4 Å². The van der Waals surface area contributed by atoms with Gasteiger partial charge in [0.25, 0.3) is 0 Å². The van der Waals surface area contributed by atoms with Gasteiger partial charge in [0.05, 0.1) is 16.5 Å². The minimum Gasteiger partial charge on any atom is -0.435 e. The third-order valence-corrected chi connectivity index (χ3v) is 5.18. The largest absolute Gasteiger partial charge is 0.435 e. The molecule has 2 heterocycles. The zero-order valence-corrected chi connectivity index (χ0v) is 14.4. The molecular weight excluding hydrogens is 326 g/mol. The van der Waals surface area contributed by atoms with E-state index >= 15 is 0 Å². The van der Waals surface area contributed by atoms with Crippen LogP contribution in [-0.4, -0.2) is 16.1 Å². The fourth-order valence-corrected chi connectivity index (χ4v) is 3.94. The van der Waals surface area contributed by atoms with E-state index in [1.54, 1.807) is 24.3 Å². The molecule has 4 heteroatoms. The second kappa shape index (κ2) is 5.43. The number of rotatable bonds is 3. The number of unbranched alkanes of at least 4 members (excludes halogenated alkanes) is 1. The molecule has 4 nitrogen and oxygen atoms in total. The first kappa shape index (κ1) is 15.1. The van der Waals surface area contributed by atoms with Gasteiger partial charge in [0, 0.05) is 23.1 Å². The number of furan rings is 1. The summed E-state index contributed by atoms with van der Waals surface area (Å²) in [6.45, 7) is 2.93. The maximum atomic E-state index is 13.2. The van der Waals surface area contributed by atoms with Gasteiger partial charge < -0.3 is 8.98 Å². The highest BCUT2D eigenvalue weighted by molar-refractivity contribution is 6.33. The minimum absolute atomic E-state index is 0.132. The van der Waals surface area contributed by atoms with Crippen LogP contribution in [0.3, 0.4) is 0 Å². The highest BCUT2D eigenvalue weighted by Crippen LogP contribution is 2.40. The molecule has 0 saturated heterocycles. The molecule has 0 fully saturated rings. The van der Waals surface area contributed by atoms with E-state index in [0.717, 1.165) is 35.7 Å². The van der Waals surface area contributed by atoms with Gasteiger partial charge >= 0.3 is 0 Å². The van der Waals surface area contributed by atoms with Crippen molar-refractivity contribution in [2.45, 2.75) is 26.3 Å². The lowest BCUT2D eigenvalue weighted by Crippen LogP contribution is -2.19. The number of fused-ring (bicyclic) bond motifs is 6. The van der Waals surface area contributed by atoms with Crippen LogP contribution in [0.4, 0.5) is 0 Å². The molecule has 0 amide bonds. The second-order valence-electron chi connectivity index (χ2n) is 6.71. The monoisotopic (exact) mass is 343 g/mol. The molecule has 0 aliphatic heterocycles. The Morgan fingerprint density at radius 1 is 0.923 bits per heavy atom. The van der Waals surface area contributed by atoms with Gasteiger partial charge in [-0.2, -0.15) is 0 Å². The molecule has 0 saturated carbocycles. The number of para-hydroxylation sites is 1. The summed E-state index contributed by atoms with van der Waals surface area (Å²) in [6.07, 6.45) is 2.05. The Kier molecular flexibility index (Phi) is 3.16. The highest BCUT2D eigenvalue weighted by Gasteiger charge is 2.36. The fourth-order valence-electron chi connectivity index (χ4n) is 3.94. The Balaban J connectivity index is 1.88. The van der Waals surface area contributed by atoms with E-state index in [2.05, 4.69) is 11.5 Å². The van der Waals surface area contributed by atoms with Crippen LogP contribution in [0.25, 0.3) is 22.0 Å². The van der Waals surface area contributed by atoms with Gasteiger partial charge in [-0.05, 0) is 12.5 Å². The molecule has 2 aromatic carbocycles. The maximum absolute atomic E-state index is 13.2. The van der Waals surface area contributed by atoms with E-state index in [4.69, 9.17) is 4.42 Å². The number of hydrogen-bond acceptors (Lipinski definition) is 3. The van der Waals surface area contributed by atoms with Crippen molar-refractivity contribution in [1.82, 2.24) is 4.57 Å². The van der Waals surface area contributed by atoms with Gasteiger partial charge in [-0.3, -0.25) is 9.59 Å². The molecule has 0 bridgehead atoms. The molecule has 26 heavy (non-hydrogen) atoms. The van der Waals surface area contributed by atoms with Crippen LogP contribution in [0, 0.1) is 0 Å². The Morgan fingerprint density at radius 2 is 1.62 bits per heavy atom. The van der Waals surface area contributed by atoms with E-state index < -0.39 is 0 Å². The summed E-state index contributed by atoms with van der Waals surface area (Å²) in [5, 5.41) is 1.73. The average Bonchev–Trinajstić information content (AvgIpc) is 3.20. The molecule has 1 aliphatic carbocycles. The fraction of sp³-hybridized carbons (Fsp3) is 0.182. The van der Waals surface area contributed by atoms with Crippen molar-refractivity contribution in [3.63, 3.8) is 0 Å². The standard InChI is InChI=1S/C22H17NO3/c1-2-3-12-23-16-11-7-6-10-15(16)17-18-19(24)13-8-4-5-9-14(13)20(25)21(18)26-22(17)23/h4-11H,2-3,12H2,1H3. The van der Waals surface area contributed by atoms with Crippen LogP contribution >= 0.6 is 0 Å². The first-order valence-corrected chi connectivity index (χ1v) is 8.94. The Labute approximate surface area is 150 Å². The third-order valence-electron chi connectivity index (χ3n) is 5.18. The highest BCUT2D eigenvalue weighted by atomic mass is 16.4. The van der Waals surface area contributed by atoms with Crippen molar-refractivity contribution in [1.29, 1.82) is 0 Å². The molecular formula is C22H17NO3. The van der Waals surface area contributed by atoms with Crippen molar-refractivity contribution in [3.05, 3.63) is 71.0 Å². The van der Waals surface area contributed by atoms with Crippen LogP contribution in [0.15, 0.2) is 52.9 Å². The van der Waals surface area contributed by atoms with Gasteiger partial charge in [0.15, 0.2) is 11.5 Å². The Hall–Kier alpha value is -3.14. The summed E-state index contributed by atoms with van der Waals surface area (Å²) in [7, 11) is 0. The topological polar surface area (TPSA) is 52.2 Å². The quantitative estimate of drug-likeness (QED) is 0.465. The lowest BCUT2D eigenvalue weighted by atomic mass is 9.87. The summed E-state index contributed by atoms with van der Waals surface area (Å²) >= 11 is 0.